The third kappa shape index (κ3) is 13.8. The van der Waals surface area contributed by atoms with Crippen molar-refractivity contribution in [2.45, 2.75) is 19.4 Å². The van der Waals surface area contributed by atoms with Crippen molar-refractivity contribution < 1.29 is 14.7 Å². The predicted molar refractivity (Wildman–Crippen MR) is 58.4 cm³/mol. The van der Waals surface area contributed by atoms with Gasteiger partial charge in [-0.25, -0.2) is 0 Å². The molecule has 0 radical (unpaired) electrons. The predicted octanol–water partition coefficient (Wildman–Crippen LogP) is -0.0963. The van der Waals surface area contributed by atoms with E-state index in [1.54, 1.807) is 18.8 Å². The standard InChI is InChI=1S/C6H14N2OS.C2H4O2/c1-8-6(9)5(7)3-4-10-2;1-2(3)4/h5H,3-4,7H2,1-2H3,(H,8,9);1H3,(H,3,4)/t5-;/m0./s1. The maximum atomic E-state index is 10.8. The van der Waals surface area contributed by atoms with Gasteiger partial charge >= 0.3 is 0 Å². The Labute approximate surface area is 88.4 Å². The minimum Gasteiger partial charge on any atom is -0.481 e. The van der Waals surface area contributed by atoms with Gasteiger partial charge in [0, 0.05) is 14.0 Å². The fraction of sp³-hybridized carbons (Fsp3) is 0.750. The fourth-order valence-corrected chi connectivity index (χ4v) is 1.05. The summed E-state index contributed by atoms with van der Waals surface area (Å²) in [5.74, 6) is 0.0308. The van der Waals surface area contributed by atoms with E-state index in [9.17, 15) is 4.79 Å². The summed E-state index contributed by atoms with van der Waals surface area (Å²) in [4.78, 5) is 19.8. The van der Waals surface area contributed by atoms with Gasteiger partial charge in [-0.2, -0.15) is 11.8 Å². The van der Waals surface area contributed by atoms with E-state index in [0.717, 1.165) is 19.1 Å². The summed E-state index contributed by atoms with van der Waals surface area (Å²) in [5.41, 5.74) is 5.49. The van der Waals surface area contributed by atoms with Crippen LogP contribution in [0, 0.1) is 0 Å². The second kappa shape index (κ2) is 10.3. The molecule has 0 spiro atoms. The Bertz CT molecular complexity index is 172. The second-order valence-corrected chi connectivity index (χ2v) is 3.51. The summed E-state index contributed by atoms with van der Waals surface area (Å²) in [5, 5.41) is 9.92. The van der Waals surface area contributed by atoms with Crippen molar-refractivity contribution in [3.05, 3.63) is 0 Å². The number of carbonyl (C=O) groups is 2. The van der Waals surface area contributed by atoms with Gasteiger partial charge in [-0.15, -0.1) is 0 Å². The second-order valence-electron chi connectivity index (χ2n) is 2.52. The fourth-order valence-electron chi connectivity index (χ4n) is 0.561. The number of nitrogens with two attached hydrogens (primary N) is 1. The number of nitrogens with one attached hydrogen (secondary N) is 1. The number of hydrogen-bond donors (Lipinski definition) is 3. The van der Waals surface area contributed by atoms with Gasteiger partial charge in [0.25, 0.3) is 5.97 Å². The molecule has 0 aromatic carbocycles. The van der Waals surface area contributed by atoms with Crippen molar-refractivity contribution in [1.82, 2.24) is 5.32 Å². The zero-order chi connectivity index (χ0) is 11.6. The lowest BCUT2D eigenvalue weighted by atomic mass is 10.2. The van der Waals surface area contributed by atoms with Crippen molar-refractivity contribution in [2.24, 2.45) is 5.73 Å². The zero-order valence-electron chi connectivity index (χ0n) is 8.74. The molecule has 4 N–H and O–H groups in total. The van der Waals surface area contributed by atoms with Crippen LogP contribution in [0.1, 0.15) is 13.3 Å². The molecule has 0 aliphatic carbocycles. The van der Waals surface area contributed by atoms with Crippen molar-refractivity contribution in [3.8, 4) is 0 Å². The number of aliphatic carboxylic acids is 1. The summed E-state index contributed by atoms with van der Waals surface area (Å²) < 4.78 is 0. The molecule has 1 amide bonds. The summed E-state index contributed by atoms with van der Waals surface area (Å²) in [7, 11) is 1.60. The Hall–Kier alpha value is -0.750. The van der Waals surface area contributed by atoms with E-state index >= 15 is 0 Å². The quantitative estimate of drug-likeness (QED) is 0.618. The third-order valence-electron chi connectivity index (χ3n) is 1.22. The SMILES string of the molecule is CC(=O)O.CNC(=O)[C@@H](N)CCSC. The van der Waals surface area contributed by atoms with E-state index < -0.39 is 5.97 Å². The number of carbonyl (C=O) groups excluding carboxylic acids is 1. The topological polar surface area (TPSA) is 92.4 Å². The van der Waals surface area contributed by atoms with Crippen LogP contribution in [-0.2, 0) is 9.59 Å². The van der Waals surface area contributed by atoms with Gasteiger partial charge in [0.05, 0.1) is 6.04 Å². The van der Waals surface area contributed by atoms with Crippen molar-refractivity contribution in [3.63, 3.8) is 0 Å². The first-order valence-corrected chi connectivity index (χ1v) is 5.50. The third-order valence-corrected chi connectivity index (χ3v) is 1.86. The molecule has 14 heavy (non-hydrogen) atoms. The van der Waals surface area contributed by atoms with Crippen molar-refractivity contribution >= 4 is 23.6 Å². The van der Waals surface area contributed by atoms with Gasteiger partial charge in [0.2, 0.25) is 5.91 Å². The molecule has 0 fully saturated rings. The van der Waals surface area contributed by atoms with Gasteiger partial charge in [0.1, 0.15) is 0 Å². The number of amides is 1. The lowest BCUT2D eigenvalue weighted by Crippen LogP contribution is -2.38. The van der Waals surface area contributed by atoms with E-state index in [0.29, 0.717) is 0 Å². The summed E-state index contributed by atoms with van der Waals surface area (Å²) in [6, 6.07) is -0.336. The van der Waals surface area contributed by atoms with E-state index in [-0.39, 0.29) is 11.9 Å². The molecule has 0 unspecified atom stereocenters. The lowest BCUT2D eigenvalue weighted by molar-refractivity contribution is -0.134. The van der Waals surface area contributed by atoms with Crippen LogP contribution in [0.4, 0.5) is 0 Å². The molecule has 5 nitrogen and oxygen atoms in total. The average molecular weight is 222 g/mol. The number of carboxylic acid groups (broad SMARTS) is 1. The molecule has 0 aromatic heterocycles. The monoisotopic (exact) mass is 222 g/mol. The van der Waals surface area contributed by atoms with Gasteiger partial charge in [0.15, 0.2) is 0 Å². The molecule has 84 valence electrons. The van der Waals surface area contributed by atoms with Crippen LogP contribution in [0.2, 0.25) is 0 Å². The highest BCUT2D eigenvalue weighted by molar-refractivity contribution is 7.98. The first kappa shape index (κ1) is 15.7. The number of thioether (sulfide) groups is 1. The van der Waals surface area contributed by atoms with E-state index in [4.69, 9.17) is 15.6 Å². The summed E-state index contributed by atoms with van der Waals surface area (Å²) in [6.45, 7) is 1.08. The van der Waals surface area contributed by atoms with Gasteiger partial charge in [-0.05, 0) is 18.4 Å². The highest BCUT2D eigenvalue weighted by Gasteiger charge is 2.09. The minimum absolute atomic E-state index is 0.0750. The van der Waals surface area contributed by atoms with Crippen LogP contribution in [0.25, 0.3) is 0 Å². The first-order valence-electron chi connectivity index (χ1n) is 4.11. The normalized spacial score (nSPS) is 10.9. The smallest absolute Gasteiger partial charge is 0.300 e. The molecule has 0 bridgehead atoms. The largest absolute Gasteiger partial charge is 0.481 e. The van der Waals surface area contributed by atoms with E-state index in [2.05, 4.69) is 5.32 Å². The van der Waals surface area contributed by atoms with Crippen LogP contribution in [-0.4, -0.2) is 42.1 Å². The molecular weight excluding hydrogens is 204 g/mol. The van der Waals surface area contributed by atoms with Crippen LogP contribution in [0.5, 0.6) is 0 Å². The highest BCUT2D eigenvalue weighted by atomic mass is 32.2. The molecule has 0 saturated carbocycles. The van der Waals surface area contributed by atoms with Crippen molar-refractivity contribution in [1.29, 1.82) is 0 Å². The van der Waals surface area contributed by atoms with Crippen LogP contribution in [0.15, 0.2) is 0 Å². The summed E-state index contributed by atoms with van der Waals surface area (Å²) >= 11 is 1.70. The van der Waals surface area contributed by atoms with Gasteiger partial charge in [-0.3, -0.25) is 9.59 Å². The van der Waals surface area contributed by atoms with Gasteiger partial charge in [-0.1, -0.05) is 0 Å². The molecule has 0 heterocycles. The number of rotatable bonds is 4. The van der Waals surface area contributed by atoms with E-state index in [1.807, 2.05) is 6.26 Å². The Morgan fingerprint density at radius 1 is 1.57 bits per heavy atom. The minimum atomic E-state index is -0.833. The zero-order valence-corrected chi connectivity index (χ0v) is 9.56. The van der Waals surface area contributed by atoms with Crippen LogP contribution >= 0.6 is 11.8 Å². The molecule has 0 aliphatic heterocycles. The van der Waals surface area contributed by atoms with Crippen LogP contribution < -0.4 is 11.1 Å². The van der Waals surface area contributed by atoms with Crippen molar-refractivity contribution in [2.75, 3.05) is 19.1 Å². The van der Waals surface area contributed by atoms with E-state index in [1.165, 1.54) is 0 Å². The first-order chi connectivity index (χ1) is 6.45. The average Bonchev–Trinajstić information content (AvgIpc) is 2.11. The Morgan fingerprint density at radius 3 is 2.29 bits per heavy atom. The number of carboxylic acids is 1. The maximum Gasteiger partial charge on any atom is 0.300 e. The molecular formula is C8H18N2O3S. The Morgan fingerprint density at radius 2 is 2.00 bits per heavy atom. The molecule has 0 saturated heterocycles. The van der Waals surface area contributed by atoms with Crippen LogP contribution in [0.3, 0.4) is 0 Å². The number of hydrogen-bond acceptors (Lipinski definition) is 4. The molecule has 0 rings (SSSR count). The summed E-state index contributed by atoms with van der Waals surface area (Å²) in [6.07, 6.45) is 2.75. The molecule has 6 heteroatoms. The number of likely N-dealkylation sites (N-methyl/N-ethyl adjacent to an activating group) is 1. The Balaban J connectivity index is 0. The highest BCUT2D eigenvalue weighted by Crippen LogP contribution is 1.97. The maximum absolute atomic E-state index is 10.8. The molecule has 0 aromatic rings. The molecule has 1 atom stereocenters. The van der Waals surface area contributed by atoms with Gasteiger partial charge < -0.3 is 16.2 Å². The Kier molecular flexibility index (Phi) is 11.6. The molecule has 0 aliphatic rings. The lowest BCUT2D eigenvalue weighted by Gasteiger charge is -2.07.